The van der Waals surface area contributed by atoms with Gasteiger partial charge in [-0.05, 0) is 67.4 Å². The van der Waals surface area contributed by atoms with Gasteiger partial charge in [-0.25, -0.2) is 0 Å². The van der Waals surface area contributed by atoms with Crippen LogP contribution in [-0.4, -0.2) is 75.3 Å². The van der Waals surface area contributed by atoms with E-state index in [1.807, 2.05) is 0 Å². The zero-order valence-electron chi connectivity index (χ0n) is 28.4. The van der Waals surface area contributed by atoms with Crippen molar-refractivity contribution in [3.63, 3.8) is 0 Å². The van der Waals surface area contributed by atoms with Gasteiger partial charge in [-0.15, -0.1) is 0 Å². The van der Waals surface area contributed by atoms with E-state index < -0.39 is 25.0 Å². The molecule has 0 saturated heterocycles. The van der Waals surface area contributed by atoms with Gasteiger partial charge >= 0.3 is 0 Å². The maximum absolute atomic E-state index is 7.26. The van der Waals surface area contributed by atoms with Crippen molar-refractivity contribution in [1.29, 1.82) is 0 Å². The number of nitrogens with zero attached hydrogens (tertiary/aromatic N) is 1. The first-order chi connectivity index (χ1) is 16.2. The quantitative estimate of drug-likeness (QED) is 0.213. The molecule has 0 spiro atoms. The van der Waals surface area contributed by atoms with E-state index in [-0.39, 0.29) is 33.2 Å². The van der Waals surface area contributed by atoms with Crippen LogP contribution in [-0.2, 0) is 13.3 Å². The molecule has 0 bridgehead atoms. The Morgan fingerprint density at radius 2 is 1.11 bits per heavy atom. The molecule has 4 atom stereocenters. The van der Waals surface area contributed by atoms with Crippen molar-refractivity contribution in [1.82, 2.24) is 4.90 Å². The zero-order valence-corrected chi connectivity index (χ0v) is 31.4. The molecule has 37 heavy (non-hydrogen) atoms. The lowest BCUT2D eigenvalue weighted by Crippen LogP contribution is -2.55. The first kappa shape index (κ1) is 37.5. The summed E-state index contributed by atoms with van der Waals surface area (Å²) in [6.45, 7) is 42.9. The molecule has 5 nitrogen and oxygen atoms in total. The van der Waals surface area contributed by atoms with E-state index in [0.717, 1.165) is 13.1 Å². The minimum atomic E-state index is -2.03. The number of nitrogens with two attached hydrogens (primary N) is 1. The van der Waals surface area contributed by atoms with Crippen LogP contribution in [0.1, 0.15) is 76.2 Å². The predicted molar refractivity (Wildman–Crippen MR) is 172 cm³/mol. The lowest BCUT2D eigenvalue weighted by atomic mass is 9.89. The van der Waals surface area contributed by atoms with Gasteiger partial charge in [0.15, 0.2) is 25.0 Å². The third-order valence-electron chi connectivity index (χ3n) is 9.68. The van der Waals surface area contributed by atoms with Crippen molar-refractivity contribution in [2.45, 2.75) is 143 Å². The third kappa shape index (κ3) is 11.1. The molecule has 0 aliphatic carbocycles. The lowest BCUT2D eigenvalue weighted by Gasteiger charge is -2.47. The minimum Gasteiger partial charge on any atom is -0.414 e. The van der Waals surface area contributed by atoms with Crippen LogP contribution >= 0.6 is 0 Å². The van der Waals surface area contributed by atoms with E-state index in [1.165, 1.54) is 0 Å². The van der Waals surface area contributed by atoms with Crippen molar-refractivity contribution >= 4 is 25.0 Å². The highest BCUT2D eigenvalue weighted by Gasteiger charge is 2.46. The average molecular weight is 577 g/mol. The van der Waals surface area contributed by atoms with Crippen molar-refractivity contribution in [3.05, 3.63) is 0 Å². The summed E-state index contributed by atoms with van der Waals surface area (Å²) in [6.07, 6.45) is 0.0750. The normalized spacial score (nSPS) is 18.2. The fourth-order valence-electron chi connectivity index (χ4n) is 3.73. The summed E-state index contributed by atoms with van der Waals surface area (Å²) in [4.78, 5) is 2.34. The van der Waals surface area contributed by atoms with Crippen LogP contribution in [0.3, 0.4) is 0 Å². The highest BCUT2D eigenvalue weighted by atomic mass is 28.4. The highest BCUT2D eigenvalue weighted by Crippen LogP contribution is 2.43. The van der Waals surface area contributed by atoms with Gasteiger partial charge in [0, 0.05) is 25.6 Å². The molecule has 0 aliphatic rings. The van der Waals surface area contributed by atoms with Crippen LogP contribution in [0.4, 0.5) is 0 Å². The standard InChI is InChI=1S/C29H68N2O3Si3/c1-23(21-31(12)20-19-30)26(34-37(17,18)29(9,10)11)24(2)25(33-36(15,16)28(6,7)8)22-32-35(13,14)27(3,4)5/h23-26H,19-22,30H2,1-18H3/t23-,24+,25+,26+/m1/s1. The molecule has 0 unspecified atom stereocenters. The summed E-state index contributed by atoms with van der Waals surface area (Å²) in [6, 6.07) is 0. The molecular formula is C29H68N2O3Si3. The van der Waals surface area contributed by atoms with E-state index in [9.17, 15) is 0 Å². The Kier molecular flexibility index (Phi) is 13.6. The van der Waals surface area contributed by atoms with Crippen LogP contribution in [0, 0.1) is 11.8 Å². The van der Waals surface area contributed by atoms with Crippen LogP contribution in [0.15, 0.2) is 0 Å². The van der Waals surface area contributed by atoms with E-state index in [0.29, 0.717) is 19.1 Å². The fourth-order valence-corrected chi connectivity index (χ4v) is 7.62. The van der Waals surface area contributed by atoms with E-state index >= 15 is 0 Å². The van der Waals surface area contributed by atoms with Gasteiger partial charge in [0.05, 0.1) is 18.8 Å². The van der Waals surface area contributed by atoms with Crippen LogP contribution in [0.25, 0.3) is 0 Å². The zero-order chi connectivity index (χ0) is 29.8. The molecule has 0 fully saturated rings. The highest BCUT2D eigenvalue weighted by molar-refractivity contribution is 6.75. The summed E-state index contributed by atoms with van der Waals surface area (Å²) in [5, 5.41) is 0.430. The summed E-state index contributed by atoms with van der Waals surface area (Å²) in [7, 11) is -3.80. The summed E-state index contributed by atoms with van der Waals surface area (Å²) >= 11 is 0. The Balaban J connectivity index is 6.44. The molecule has 0 aromatic carbocycles. The second-order valence-electron chi connectivity index (χ2n) is 16.2. The molecule has 0 aromatic heterocycles. The number of likely N-dealkylation sites (N-methyl/N-ethyl adjacent to an activating group) is 1. The van der Waals surface area contributed by atoms with Crippen molar-refractivity contribution in [2.24, 2.45) is 17.6 Å². The van der Waals surface area contributed by atoms with Crippen LogP contribution in [0.5, 0.6) is 0 Å². The summed E-state index contributed by atoms with van der Waals surface area (Å²) in [5.41, 5.74) is 5.88. The number of hydrogen-bond donors (Lipinski definition) is 1. The molecular weight excluding hydrogens is 509 g/mol. The SMILES string of the molecule is C[C@H]([C@@H](O[Si](C)(C)C(C)(C)C)[C@H](C)CN(C)CCN)[C@H](CO[Si](C)(C)C(C)(C)C)O[Si](C)(C)C(C)(C)C. The molecule has 0 heterocycles. The van der Waals surface area contributed by atoms with Crippen molar-refractivity contribution in [3.8, 4) is 0 Å². The lowest BCUT2D eigenvalue weighted by molar-refractivity contribution is -0.0187. The summed E-state index contributed by atoms with van der Waals surface area (Å²) < 4.78 is 21.3. The Hall–Kier alpha value is 0.451. The van der Waals surface area contributed by atoms with Crippen molar-refractivity contribution < 1.29 is 13.3 Å². The maximum atomic E-state index is 7.26. The van der Waals surface area contributed by atoms with Gasteiger partial charge in [0.1, 0.15) is 0 Å². The average Bonchev–Trinajstić information content (AvgIpc) is 2.66. The van der Waals surface area contributed by atoms with Crippen LogP contribution in [0.2, 0.25) is 54.4 Å². The topological polar surface area (TPSA) is 57.0 Å². The fraction of sp³-hybridized carbons (Fsp3) is 1.00. The van der Waals surface area contributed by atoms with Gasteiger partial charge in [-0.1, -0.05) is 76.2 Å². The molecule has 0 rings (SSSR count). The predicted octanol–water partition coefficient (Wildman–Crippen LogP) is 7.95. The maximum Gasteiger partial charge on any atom is 0.192 e. The Morgan fingerprint density at radius 1 is 0.703 bits per heavy atom. The molecule has 0 aromatic rings. The second kappa shape index (κ2) is 13.4. The van der Waals surface area contributed by atoms with Gasteiger partial charge in [-0.3, -0.25) is 0 Å². The second-order valence-corrected chi connectivity index (χ2v) is 30.5. The van der Waals surface area contributed by atoms with Gasteiger partial charge in [0.2, 0.25) is 0 Å². The van der Waals surface area contributed by atoms with Gasteiger partial charge in [-0.2, -0.15) is 0 Å². The monoisotopic (exact) mass is 576 g/mol. The van der Waals surface area contributed by atoms with E-state index in [4.69, 9.17) is 19.0 Å². The molecule has 0 amide bonds. The molecule has 8 heteroatoms. The third-order valence-corrected chi connectivity index (χ3v) is 23.2. The molecule has 224 valence electrons. The Bertz CT molecular complexity index is 679. The number of rotatable bonds is 14. The Morgan fingerprint density at radius 3 is 1.49 bits per heavy atom. The number of hydrogen-bond acceptors (Lipinski definition) is 5. The largest absolute Gasteiger partial charge is 0.414 e. The van der Waals surface area contributed by atoms with E-state index in [1.54, 1.807) is 0 Å². The molecule has 0 aliphatic heterocycles. The molecule has 0 saturated carbocycles. The summed E-state index contributed by atoms with van der Waals surface area (Å²) in [5.74, 6) is 0.549. The Labute approximate surface area is 236 Å². The first-order valence-corrected chi connectivity index (χ1v) is 23.3. The van der Waals surface area contributed by atoms with Crippen molar-refractivity contribution in [2.75, 3.05) is 33.3 Å². The van der Waals surface area contributed by atoms with Gasteiger partial charge < -0.3 is 23.9 Å². The minimum absolute atomic E-state index is 0.00736. The molecule has 0 radical (unpaired) electrons. The van der Waals surface area contributed by atoms with E-state index in [2.05, 4.69) is 127 Å². The van der Waals surface area contributed by atoms with Gasteiger partial charge in [0.25, 0.3) is 0 Å². The smallest absolute Gasteiger partial charge is 0.192 e. The first-order valence-electron chi connectivity index (χ1n) is 14.6. The van der Waals surface area contributed by atoms with Crippen LogP contribution < -0.4 is 5.73 Å². The molecule has 2 N–H and O–H groups in total.